The quantitative estimate of drug-likeness (QED) is 0.132. The molecule has 6 aromatic rings. The van der Waals surface area contributed by atoms with Gasteiger partial charge in [0.1, 0.15) is 0 Å². The lowest BCUT2D eigenvalue weighted by molar-refractivity contribution is 0.683. The van der Waals surface area contributed by atoms with Gasteiger partial charge in [0.05, 0.1) is 0 Å². The van der Waals surface area contributed by atoms with Crippen molar-refractivity contribution in [3.05, 3.63) is 140 Å². The summed E-state index contributed by atoms with van der Waals surface area (Å²) in [6.45, 7) is 0. The lowest BCUT2D eigenvalue weighted by Gasteiger charge is -2.43. The molecule has 1 saturated carbocycles. The highest BCUT2D eigenvalue weighted by atomic mass is 28.3. The van der Waals surface area contributed by atoms with E-state index in [4.69, 9.17) is 0 Å². The largest absolute Gasteiger partial charge is 0.154 e. The molecule has 0 aliphatic heterocycles. The predicted molar refractivity (Wildman–Crippen MR) is 166 cm³/mol. The van der Waals surface area contributed by atoms with Crippen molar-refractivity contribution in [3.8, 4) is 0 Å². The molecule has 3 atom stereocenters. The predicted octanol–water partition coefficient (Wildman–Crippen LogP) is 7.58. The summed E-state index contributed by atoms with van der Waals surface area (Å²) in [4.78, 5) is 0. The van der Waals surface area contributed by atoms with E-state index < -0.39 is 8.07 Å². The Morgan fingerprint density at radius 2 is 0.842 bits per heavy atom. The summed E-state index contributed by atoms with van der Waals surface area (Å²) in [6, 6.07) is 48.6. The Morgan fingerprint density at radius 3 is 1.24 bits per heavy atom. The second-order valence-corrected chi connectivity index (χ2v) is 15.2. The highest BCUT2D eigenvalue weighted by molar-refractivity contribution is 7.15. The molecule has 0 amide bonds. The van der Waals surface area contributed by atoms with E-state index in [0.717, 1.165) is 0 Å². The highest BCUT2D eigenvalue weighted by Crippen LogP contribution is 2.52. The fourth-order valence-corrected chi connectivity index (χ4v) is 14.7. The van der Waals surface area contributed by atoms with E-state index in [1.807, 2.05) is 0 Å². The Labute approximate surface area is 225 Å². The third-order valence-electron chi connectivity index (χ3n) is 9.48. The Bertz CT molecular complexity index is 1660. The summed E-state index contributed by atoms with van der Waals surface area (Å²) in [5, 5.41) is 13.1. The molecule has 0 radical (unpaired) electrons. The smallest absolute Gasteiger partial charge is 0.0851 e. The molecule has 182 valence electrons. The van der Waals surface area contributed by atoms with E-state index in [0.29, 0.717) is 17.4 Å². The fourth-order valence-electron chi connectivity index (χ4n) is 8.02. The Morgan fingerprint density at radius 1 is 0.421 bits per heavy atom. The minimum atomic E-state index is -2.59. The van der Waals surface area contributed by atoms with Crippen LogP contribution in [0.15, 0.2) is 140 Å². The molecule has 0 nitrogen and oxygen atoms in total. The summed E-state index contributed by atoms with van der Waals surface area (Å²) >= 11 is 0. The molecule has 1 heteroatoms. The van der Waals surface area contributed by atoms with Gasteiger partial charge in [-0.2, -0.15) is 0 Å². The summed E-state index contributed by atoms with van der Waals surface area (Å²) < 4.78 is 0. The zero-order valence-electron chi connectivity index (χ0n) is 21.4. The van der Waals surface area contributed by atoms with Crippen LogP contribution < -0.4 is 15.6 Å². The second kappa shape index (κ2) is 8.54. The molecule has 0 aromatic heterocycles. The molecule has 0 spiro atoms. The van der Waals surface area contributed by atoms with Crippen LogP contribution in [0.25, 0.3) is 32.3 Å². The number of rotatable bonds is 4. The molecule has 0 saturated heterocycles. The molecule has 3 unspecified atom stereocenters. The normalized spacial score (nSPS) is 20.6. The highest BCUT2D eigenvalue weighted by Gasteiger charge is 2.55. The maximum Gasteiger partial charge on any atom is 0.154 e. The topological polar surface area (TPSA) is 0 Å². The van der Waals surface area contributed by atoms with Gasteiger partial charge in [0.15, 0.2) is 8.07 Å². The van der Waals surface area contributed by atoms with E-state index >= 15 is 0 Å². The number of hydrogen-bond acceptors (Lipinski definition) is 0. The van der Waals surface area contributed by atoms with Crippen LogP contribution in [-0.4, -0.2) is 8.07 Å². The molecule has 1 fully saturated rings. The van der Waals surface area contributed by atoms with Gasteiger partial charge in [-0.3, -0.25) is 0 Å². The van der Waals surface area contributed by atoms with Gasteiger partial charge in [-0.25, -0.2) is 0 Å². The van der Waals surface area contributed by atoms with Crippen molar-refractivity contribution in [3.63, 3.8) is 0 Å². The van der Waals surface area contributed by atoms with Crippen LogP contribution in [-0.2, 0) is 0 Å². The second-order valence-electron chi connectivity index (χ2n) is 11.3. The first-order valence-electron chi connectivity index (χ1n) is 14.0. The van der Waals surface area contributed by atoms with Crippen LogP contribution in [0.2, 0.25) is 5.54 Å². The van der Waals surface area contributed by atoms with Crippen LogP contribution in [0.1, 0.15) is 12.8 Å². The molecule has 2 bridgehead atoms. The van der Waals surface area contributed by atoms with Gasteiger partial charge < -0.3 is 0 Å². The molecule has 0 N–H and O–H groups in total. The minimum Gasteiger partial charge on any atom is -0.0851 e. The van der Waals surface area contributed by atoms with E-state index in [9.17, 15) is 0 Å². The maximum absolute atomic E-state index is 2.59. The Hall–Kier alpha value is -3.94. The van der Waals surface area contributed by atoms with Crippen LogP contribution in [0, 0.1) is 11.8 Å². The first-order valence-corrected chi connectivity index (χ1v) is 16.0. The van der Waals surface area contributed by atoms with Crippen LogP contribution in [0.3, 0.4) is 0 Å². The van der Waals surface area contributed by atoms with Crippen molar-refractivity contribution in [2.45, 2.75) is 18.4 Å². The van der Waals surface area contributed by atoms with Gasteiger partial charge in [0.2, 0.25) is 0 Å². The molecular weight excluding hydrogens is 472 g/mol. The summed E-state index contributed by atoms with van der Waals surface area (Å²) in [5.74, 6) is 1.33. The van der Waals surface area contributed by atoms with E-state index in [1.165, 1.54) is 45.2 Å². The molecule has 38 heavy (non-hydrogen) atoms. The SMILES string of the molecule is C1=CC2CC1CC2[Si](c1cccc2ccccc12)(c1cccc2ccccc12)c1cccc2ccccc12. The molecule has 2 aliphatic rings. The standard InChI is InChI=1S/C37H30Si/c1-4-16-31-27(10-1)13-7-19-34(31)38(37-25-26-22-23-30(37)24-26,35-20-8-14-28-11-2-5-17-32(28)35)36-21-9-15-29-12-3-6-18-33(29)36/h1-23,26,30,37H,24-25H2. The van der Waals surface area contributed by atoms with Gasteiger partial charge in [0, 0.05) is 0 Å². The van der Waals surface area contributed by atoms with Crippen molar-refractivity contribution in [1.29, 1.82) is 0 Å². The average molecular weight is 503 g/mol. The lowest BCUT2D eigenvalue weighted by atomic mass is 10.1. The Balaban J connectivity index is 1.61. The summed E-state index contributed by atoms with van der Waals surface area (Å²) in [5.41, 5.74) is 0.611. The average Bonchev–Trinajstić information content (AvgIpc) is 3.62. The van der Waals surface area contributed by atoms with Crippen LogP contribution >= 0.6 is 0 Å². The van der Waals surface area contributed by atoms with Crippen LogP contribution in [0.5, 0.6) is 0 Å². The van der Waals surface area contributed by atoms with Crippen molar-refractivity contribution in [1.82, 2.24) is 0 Å². The molecule has 0 heterocycles. The number of fused-ring (bicyclic) bond motifs is 5. The Kier molecular flexibility index (Phi) is 4.96. The molecule has 6 aromatic carbocycles. The van der Waals surface area contributed by atoms with Gasteiger partial charge in [-0.1, -0.05) is 140 Å². The van der Waals surface area contributed by atoms with E-state index in [2.05, 4.69) is 140 Å². The van der Waals surface area contributed by atoms with Gasteiger partial charge in [0.25, 0.3) is 0 Å². The van der Waals surface area contributed by atoms with Crippen molar-refractivity contribution in [2.75, 3.05) is 0 Å². The van der Waals surface area contributed by atoms with Crippen molar-refractivity contribution >= 4 is 56.0 Å². The minimum absolute atomic E-state index is 0.611. The summed E-state index contributed by atoms with van der Waals surface area (Å²) in [6.07, 6.45) is 7.67. The number of benzene rings is 6. The van der Waals surface area contributed by atoms with Gasteiger partial charge >= 0.3 is 0 Å². The van der Waals surface area contributed by atoms with Crippen molar-refractivity contribution in [2.24, 2.45) is 11.8 Å². The zero-order valence-corrected chi connectivity index (χ0v) is 22.4. The summed E-state index contributed by atoms with van der Waals surface area (Å²) in [7, 11) is -2.59. The van der Waals surface area contributed by atoms with Gasteiger partial charge in [-0.15, -0.1) is 0 Å². The van der Waals surface area contributed by atoms with Crippen LogP contribution in [0.4, 0.5) is 0 Å². The number of hydrogen-bond donors (Lipinski definition) is 0. The van der Waals surface area contributed by atoms with E-state index in [1.54, 1.807) is 15.6 Å². The number of allylic oxidation sites excluding steroid dienone is 2. The monoisotopic (exact) mass is 502 g/mol. The molecular formula is C37H30Si. The molecule has 8 rings (SSSR count). The van der Waals surface area contributed by atoms with E-state index in [-0.39, 0.29) is 0 Å². The third-order valence-corrected chi connectivity index (χ3v) is 15.1. The van der Waals surface area contributed by atoms with Gasteiger partial charge in [-0.05, 0) is 78.1 Å². The maximum atomic E-state index is 2.57. The first kappa shape index (κ1) is 22.1. The zero-order chi connectivity index (χ0) is 25.1. The van der Waals surface area contributed by atoms with Crippen molar-refractivity contribution < 1.29 is 0 Å². The lowest BCUT2D eigenvalue weighted by Crippen LogP contribution is -2.71. The first-order chi connectivity index (χ1) is 18.8. The fraction of sp³-hybridized carbons (Fsp3) is 0.135. The molecule has 2 aliphatic carbocycles. The third kappa shape index (κ3) is 3.09.